The number of halogens is 3. The average Bonchev–Trinajstić information content (AvgIpc) is 2.44. The summed E-state index contributed by atoms with van der Waals surface area (Å²) in [6, 6.07) is 6.19. The van der Waals surface area contributed by atoms with Crippen LogP contribution in [0.3, 0.4) is 0 Å². The molecule has 1 atom stereocenters. The van der Waals surface area contributed by atoms with Gasteiger partial charge in [-0.1, -0.05) is 31.9 Å². The molecule has 1 unspecified atom stereocenters. The van der Waals surface area contributed by atoms with Crippen molar-refractivity contribution >= 4 is 31.9 Å². The number of methoxy groups -OCH3 is 1. The molecule has 2 nitrogen and oxygen atoms in total. The van der Waals surface area contributed by atoms with Crippen LogP contribution in [0.1, 0.15) is 28.4 Å². The average molecular weight is 418 g/mol. The monoisotopic (exact) mass is 416 g/mol. The molecule has 0 aliphatic rings. The molecule has 2 aromatic carbocycles. The van der Waals surface area contributed by atoms with Crippen LogP contribution in [0, 0.1) is 19.7 Å². The highest BCUT2D eigenvalue weighted by Gasteiger charge is 2.23. The zero-order chi connectivity index (χ0) is 15.7. The minimum atomic E-state index is -0.985. The summed E-state index contributed by atoms with van der Waals surface area (Å²) in [4.78, 5) is 0. The molecule has 112 valence electrons. The molecule has 2 aromatic rings. The SMILES string of the molecule is COc1c(C)cc(Br)c(C)c1C(O)c1cc(F)ccc1Br. The smallest absolute Gasteiger partial charge is 0.128 e. The molecule has 0 saturated carbocycles. The minimum absolute atomic E-state index is 0.393. The van der Waals surface area contributed by atoms with E-state index < -0.39 is 11.9 Å². The molecule has 0 aliphatic carbocycles. The molecule has 0 heterocycles. The van der Waals surface area contributed by atoms with E-state index in [4.69, 9.17) is 4.74 Å². The van der Waals surface area contributed by atoms with Crippen LogP contribution in [0.5, 0.6) is 5.75 Å². The van der Waals surface area contributed by atoms with Crippen LogP contribution < -0.4 is 4.74 Å². The van der Waals surface area contributed by atoms with E-state index in [1.54, 1.807) is 13.2 Å². The second-order valence-corrected chi connectivity index (χ2v) is 6.52. The highest BCUT2D eigenvalue weighted by atomic mass is 79.9. The van der Waals surface area contributed by atoms with E-state index in [-0.39, 0.29) is 0 Å². The summed E-state index contributed by atoms with van der Waals surface area (Å²) in [6.07, 6.45) is -0.985. The van der Waals surface area contributed by atoms with Gasteiger partial charge in [0.1, 0.15) is 17.7 Å². The molecule has 0 aliphatic heterocycles. The highest BCUT2D eigenvalue weighted by molar-refractivity contribution is 9.10. The fourth-order valence-corrected chi connectivity index (χ4v) is 3.38. The van der Waals surface area contributed by atoms with E-state index in [0.29, 0.717) is 21.3 Å². The van der Waals surface area contributed by atoms with Crippen LogP contribution in [-0.2, 0) is 0 Å². The number of benzene rings is 2. The first kappa shape index (κ1) is 16.5. The Labute approximate surface area is 140 Å². The van der Waals surface area contributed by atoms with Crippen LogP contribution in [0.4, 0.5) is 4.39 Å². The fourth-order valence-electron chi connectivity index (χ4n) is 2.36. The second-order valence-electron chi connectivity index (χ2n) is 4.82. The largest absolute Gasteiger partial charge is 0.496 e. The Morgan fingerprint density at radius 3 is 2.43 bits per heavy atom. The number of aliphatic hydroxyl groups is 1. The van der Waals surface area contributed by atoms with Crippen molar-refractivity contribution < 1.29 is 14.2 Å². The molecule has 1 N–H and O–H groups in total. The van der Waals surface area contributed by atoms with Crippen molar-refractivity contribution in [2.75, 3.05) is 7.11 Å². The van der Waals surface area contributed by atoms with E-state index in [0.717, 1.165) is 15.6 Å². The summed E-state index contributed by atoms with van der Waals surface area (Å²) in [5, 5.41) is 10.7. The molecular weight excluding hydrogens is 403 g/mol. The summed E-state index contributed by atoms with van der Waals surface area (Å²) in [5.74, 6) is 0.218. The van der Waals surface area contributed by atoms with Crippen molar-refractivity contribution in [3.8, 4) is 5.75 Å². The third-order valence-corrected chi connectivity index (χ3v) is 4.98. The molecule has 2 rings (SSSR count). The zero-order valence-corrected chi connectivity index (χ0v) is 15.0. The summed E-state index contributed by atoms with van der Waals surface area (Å²) in [5.41, 5.74) is 2.86. The molecule has 0 fully saturated rings. The van der Waals surface area contributed by atoms with E-state index in [1.165, 1.54) is 12.1 Å². The normalized spacial score (nSPS) is 12.3. The maximum atomic E-state index is 13.5. The summed E-state index contributed by atoms with van der Waals surface area (Å²) in [6.45, 7) is 3.79. The molecule has 0 bridgehead atoms. The Bertz CT molecular complexity index is 686. The number of rotatable bonds is 3. The van der Waals surface area contributed by atoms with Gasteiger partial charge < -0.3 is 9.84 Å². The Hall–Kier alpha value is -0.910. The molecule has 0 amide bonds. The highest BCUT2D eigenvalue weighted by Crippen LogP contribution is 2.40. The first-order chi connectivity index (χ1) is 9.86. The van der Waals surface area contributed by atoms with Gasteiger partial charge in [0, 0.05) is 20.1 Å². The quantitative estimate of drug-likeness (QED) is 0.756. The third-order valence-electron chi connectivity index (χ3n) is 3.44. The first-order valence-corrected chi connectivity index (χ1v) is 7.92. The molecular formula is C16H15Br2FO2. The van der Waals surface area contributed by atoms with E-state index >= 15 is 0 Å². The lowest BCUT2D eigenvalue weighted by molar-refractivity contribution is 0.212. The molecule has 21 heavy (non-hydrogen) atoms. The predicted molar refractivity (Wildman–Crippen MR) is 88.3 cm³/mol. The van der Waals surface area contributed by atoms with Crippen LogP contribution in [0.2, 0.25) is 0 Å². The van der Waals surface area contributed by atoms with E-state index in [1.807, 2.05) is 19.9 Å². The molecule has 0 aromatic heterocycles. The number of aryl methyl sites for hydroxylation is 1. The lowest BCUT2D eigenvalue weighted by Crippen LogP contribution is -2.08. The van der Waals surface area contributed by atoms with Gasteiger partial charge >= 0.3 is 0 Å². The van der Waals surface area contributed by atoms with Crippen molar-refractivity contribution in [3.63, 3.8) is 0 Å². The minimum Gasteiger partial charge on any atom is -0.496 e. The number of ether oxygens (including phenoxy) is 1. The lowest BCUT2D eigenvalue weighted by atomic mass is 9.94. The van der Waals surface area contributed by atoms with Crippen LogP contribution >= 0.6 is 31.9 Å². The van der Waals surface area contributed by atoms with Gasteiger partial charge in [0.2, 0.25) is 0 Å². The van der Waals surface area contributed by atoms with Crippen molar-refractivity contribution in [1.82, 2.24) is 0 Å². The standard InChI is InChI=1S/C16H15Br2FO2/c1-8-6-13(18)9(2)14(16(8)21-3)15(20)11-7-10(19)4-5-12(11)17/h4-7,15,20H,1-3H3. The van der Waals surface area contributed by atoms with Gasteiger partial charge in [0.05, 0.1) is 7.11 Å². The van der Waals surface area contributed by atoms with Gasteiger partial charge in [-0.25, -0.2) is 4.39 Å². The Balaban J connectivity index is 2.68. The third kappa shape index (κ3) is 3.15. The van der Waals surface area contributed by atoms with Crippen LogP contribution in [0.15, 0.2) is 33.2 Å². The predicted octanol–water partition coefficient (Wildman–Crippen LogP) is 5.06. The molecule has 0 radical (unpaired) electrons. The van der Waals surface area contributed by atoms with E-state index in [2.05, 4.69) is 31.9 Å². The fraction of sp³-hybridized carbons (Fsp3) is 0.250. The van der Waals surface area contributed by atoms with Gasteiger partial charge in [0.15, 0.2) is 0 Å². The van der Waals surface area contributed by atoms with Crippen molar-refractivity contribution in [2.24, 2.45) is 0 Å². The van der Waals surface area contributed by atoms with Crippen molar-refractivity contribution in [3.05, 3.63) is 61.3 Å². The molecule has 0 spiro atoms. The van der Waals surface area contributed by atoms with Crippen LogP contribution in [-0.4, -0.2) is 12.2 Å². The van der Waals surface area contributed by atoms with Gasteiger partial charge in [0.25, 0.3) is 0 Å². The lowest BCUT2D eigenvalue weighted by Gasteiger charge is -2.21. The van der Waals surface area contributed by atoms with Gasteiger partial charge in [-0.3, -0.25) is 0 Å². The zero-order valence-electron chi connectivity index (χ0n) is 11.9. The van der Waals surface area contributed by atoms with Gasteiger partial charge in [-0.2, -0.15) is 0 Å². The number of aliphatic hydroxyl groups excluding tert-OH is 1. The molecule has 0 saturated heterocycles. The Morgan fingerprint density at radius 1 is 1.14 bits per heavy atom. The van der Waals surface area contributed by atoms with Crippen molar-refractivity contribution in [2.45, 2.75) is 20.0 Å². The maximum absolute atomic E-state index is 13.5. The summed E-state index contributed by atoms with van der Waals surface area (Å²) in [7, 11) is 1.56. The van der Waals surface area contributed by atoms with Crippen molar-refractivity contribution in [1.29, 1.82) is 0 Å². The van der Waals surface area contributed by atoms with Gasteiger partial charge in [-0.15, -0.1) is 0 Å². The van der Waals surface area contributed by atoms with Crippen LogP contribution in [0.25, 0.3) is 0 Å². The maximum Gasteiger partial charge on any atom is 0.128 e. The Morgan fingerprint density at radius 2 is 1.81 bits per heavy atom. The first-order valence-electron chi connectivity index (χ1n) is 6.33. The number of hydrogen-bond acceptors (Lipinski definition) is 2. The topological polar surface area (TPSA) is 29.5 Å². The van der Waals surface area contributed by atoms with Gasteiger partial charge in [-0.05, 0) is 49.2 Å². The number of hydrogen-bond donors (Lipinski definition) is 1. The summed E-state index contributed by atoms with van der Waals surface area (Å²) < 4.78 is 20.5. The van der Waals surface area contributed by atoms with E-state index in [9.17, 15) is 9.50 Å². The Kier molecular flexibility index (Phi) is 5.07. The molecule has 5 heteroatoms. The summed E-state index contributed by atoms with van der Waals surface area (Å²) >= 11 is 6.84. The second kappa shape index (κ2) is 6.46.